The zero-order valence-electron chi connectivity index (χ0n) is 19.2. The van der Waals surface area contributed by atoms with E-state index in [-0.39, 0.29) is 30.2 Å². The van der Waals surface area contributed by atoms with Gasteiger partial charge in [0.1, 0.15) is 0 Å². The first-order valence-electron chi connectivity index (χ1n) is 10.8. The molecule has 0 unspecified atom stereocenters. The highest BCUT2D eigenvalue weighted by Gasteiger charge is 2.19. The van der Waals surface area contributed by atoms with Gasteiger partial charge in [-0.1, -0.05) is 6.08 Å². The van der Waals surface area contributed by atoms with Crippen molar-refractivity contribution in [3.8, 4) is 11.5 Å². The van der Waals surface area contributed by atoms with Crippen molar-refractivity contribution in [2.75, 3.05) is 27.2 Å². The van der Waals surface area contributed by atoms with Gasteiger partial charge in [-0.05, 0) is 51.3 Å². The molecule has 180 valence electrons. The van der Waals surface area contributed by atoms with Gasteiger partial charge in [0.2, 0.25) is 5.96 Å². The van der Waals surface area contributed by atoms with Crippen LogP contribution in [0.3, 0.4) is 0 Å². The van der Waals surface area contributed by atoms with Crippen molar-refractivity contribution in [2.45, 2.75) is 38.6 Å². The fourth-order valence-corrected chi connectivity index (χ4v) is 3.25. The molecule has 33 heavy (non-hydrogen) atoms. The minimum absolute atomic E-state index is 0.0109. The maximum absolute atomic E-state index is 14.4. The van der Waals surface area contributed by atoms with Crippen LogP contribution in [-0.4, -0.2) is 56.8 Å². The van der Waals surface area contributed by atoms with Gasteiger partial charge in [-0.15, -0.1) is 0 Å². The molecule has 0 spiro atoms. The molecule has 1 fully saturated rings. The van der Waals surface area contributed by atoms with Gasteiger partial charge in [0.15, 0.2) is 23.1 Å². The molecule has 1 aromatic carbocycles. The molecule has 10 heteroatoms. The van der Waals surface area contributed by atoms with Crippen molar-refractivity contribution >= 4 is 18.4 Å². The lowest BCUT2D eigenvalue weighted by molar-refractivity contribution is 0.365. The summed E-state index contributed by atoms with van der Waals surface area (Å²) in [4.78, 5) is 13.0. The van der Waals surface area contributed by atoms with E-state index in [0.717, 1.165) is 37.6 Å². The summed E-state index contributed by atoms with van der Waals surface area (Å²) in [7, 11) is 2.83. The Morgan fingerprint density at radius 3 is 2.64 bits per heavy atom. The molecule has 0 bridgehead atoms. The molecular formula is C23H32F2N6O2. The lowest BCUT2D eigenvalue weighted by Crippen LogP contribution is -2.30. The van der Waals surface area contributed by atoms with Gasteiger partial charge >= 0.3 is 0 Å². The predicted octanol–water partition coefficient (Wildman–Crippen LogP) is 2.83. The molecule has 8 nitrogen and oxygen atoms in total. The largest absolute Gasteiger partial charge is 0.505 e. The first-order chi connectivity index (χ1) is 15.9. The number of benzene rings is 1. The van der Waals surface area contributed by atoms with Crippen LogP contribution in [0.25, 0.3) is 0 Å². The summed E-state index contributed by atoms with van der Waals surface area (Å²) in [5, 5.41) is 16.0. The molecule has 0 aromatic heterocycles. The number of nitrogens with two attached hydrogens (primary N) is 1. The van der Waals surface area contributed by atoms with Crippen molar-refractivity contribution in [1.82, 2.24) is 10.6 Å². The van der Waals surface area contributed by atoms with E-state index in [2.05, 4.69) is 25.6 Å². The van der Waals surface area contributed by atoms with Crippen LogP contribution >= 0.6 is 0 Å². The third kappa shape index (κ3) is 7.67. The van der Waals surface area contributed by atoms with E-state index in [1.807, 2.05) is 0 Å². The van der Waals surface area contributed by atoms with Gasteiger partial charge in [0.25, 0.3) is 0 Å². The molecule has 1 saturated heterocycles. The molecular weight excluding hydrogens is 430 g/mol. The molecule has 5 N–H and O–H groups in total. The van der Waals surface area contributed by atoms with E-state index in [0.29, 0.717) is 11.7 Å². The molecule has 1 aliphatic heterocycles. The van der Waals surface area contributed by atoms with Crippen LogP contribution in [0.15, 0.2) is 44.6 Å². The summed E-state index contributed by atoms with van der Waals surface area (Å²) in [6, 6.07) is 1.17. The molecule has 0 aliphatic carbocycles. The number of rotatable bonds is 8. The van der Waals surface area contributed by atoms with Crippen LogP contribution < -0.4 is 21.1 Å². The Labute approximate surface area is 193 Å². The summed E-state index contributed by atoms with van der Waals surface area (Å²) < 4.78 is 33.5. The van der Waals surface area contributed by atoms with Crippen LogP contribution in [-0.2, 0) is 6.42 Å². The quantitative estimate of drug-likeness (QED) is 0.350. The molecule has 1 heterocycles. The van der Waals surface area contributed by atoms with E-state index >= 15 is 0 Å². The number of methoxy groups -OCH3 is 1. The SMILES string of the molecule is C/C=C(\C=NC(=NC)NC(C=NC1CCNCC1)=CN)CCc1c(F)c(O)cc(OC)c1F. The lowest BCUT2D eigenvalue weighted by Gasteiger charge is -2.18. The minimum atomic E-state index is -0.996. The predicted molar refractivity (Wildman–Crippen MR) is 128 cm³/mol. The average Bonchev–Trinajstić information content (AvgIpc) is 2.84. The van der Waals surface area contributed by atoms with Crippen LogP contribution in [0.5, 0.6) is 11.5 Å². The van der Waals surface area contributed by atoms with Crippen molar-refractivity contribution in [3.63, 3.8) is 0 Å². The van der Waals surface area contributed by atoms with E-state index in [1.165, 1.54) is 13.3 Å². The van der Waals surface area contributed by atoms with Crippen LogP contribution in [0.1, 0.15) is 31.7 Å². The first kappa shape index (κ1) is 26.0. The number of nitrogens with one attached hydrogen (secondary N) is 2. The number of hydrogen-bond acceptors (Lipinski definition) is 6. The summed E-state index contributed by atoms with van der Waals surface area (Å²) in [6.45, 7) is 3.68. The van der Waals surface area contributed by atoms with E-state index in [4.69, 9.17) is 10.5 Å². The number of allylic oxidation sites excluding steroid dienone is 3. The summed E-state index contributed by atoms with van der Waals surface area (Å²) in [5.41, 5.74) is 6.74. The van der Waals surface area contributed by atoms with Crippen LogP contribution in [0.4, 0.5) is 8.78 Å². The normalized spacial score (nSPS) is 16.7. The van der Waals surface area contributed by atoms with Gasteiger partial charge < -0.3 is 26.2 Å². The fourth-order valence-electron chi connectivity index (χ4n) is 3.25. The third-order valence-corrected chi connectivity index (χ3v) is 5.23. The topological polar surface area (TPSA) is 117 Å². The zero-order chi connectivity index (χ0) is 24.2. The standard InChI is InChI=1S/C23H32F2N6O2/c1-4-15(5-6-18-21(24)19(32)11-20(33-3)22(18)25)13-30-23(27-2)31-17(12-26)14-29-16-7-9-28-10-8-16/h4,11-14,16,28,32H,5-10,26H2,1-3H3,(H,27,31)/b15-4-,17-12?,29-14?,30-13?. The third-order valence-electron chi connectivity index (χ3n) is 5.23. The van der Waals surface area contributed by atoms with E-state index in [9.17, 15) is 13.9 Å². The number of nitrogens with zero attached hydrogens (tertiary/aromatic N) is 3. The Hall–Kier alpha value is -3.27. The number of ether oxygens (including phenoxy) is 1. The number of piperidine rings is 1. The van der Waals surface area contributed by atoms with Crippen LogP contribution in [0, 0.1) is 11.6 Å². The van der Waals surface area contributed by atoms with Gasteiger partial charge in [0.05, 0.1) is 18.8 Å². The second-order valence-electron chi connectivity index (χ2n) is 7.38. The molecule has 1 aromatic rings. The fraction of sp³-hybridized carbons (Fsp3) is 0.435. The van der Waals surface area contributed by atoms with Crippen LogP contribution in [0.2, 0.25) is 0 Å². The zero-order valence-corrected chi connectivity index (χ0v) is 19.2. The van der Waals surface area contributed by atoms with Gasteiger partial charge in [-0.25, -0.2) is 13.8 Å². The van der Waals surface area contributed by atoms with Crippen molar-refractivity contribution < 1.29 is 18.6 Å². The Morgan fingerprint density at radius 1 is 1.30 bits per heavy atom. The van der Waals surface area contributed by atoms with E-state index < -0.39 is 17.4 Å². The van der Waals surface area contributed by atoms with Crippen molar-refractivity contribution in [1.29, 1.82) is 0 Å². The number of hydrogen-bond donors (Lipinski definition) is 4. The van der Waals surface area contributed by atoms with E-state index in [1.54, 1.807) is 32.5 Å². The number of guanidine groups is 1. The molecule has 0 atom stereocenters. The maximum Gasteiger partial charge on any atom is 0.222 e. The Balaban J connectivity index is 2.02. The summed E-state index contributed by atoms with van der Waals surface area (Å²) in [6.07, 6.45) is 8.65. The molecule has 0 saturated carbocycles. The monoisotopic (exact) mass is 462 g/mol. The highest BCUT2D eigenvalue weighted by molar-refractivity contribution is 5.96. The van der Waals surface area contributed by atoms with Gasteiger partial charge in [0, 0.05) is 37.3 Å². The number of aliphatic imine (C=N–C) groups is 3. The highest BCUT2D eigenvalue weighted by atomic mass is 19.1. The van der Waals surface area contributed by atoms with Crippen molar-refractivity contribution in [2.24, 2.45) is 20.7 Å². The maximum atomic E-state index is 14.4. The molecule has 2 rings (SSSR count). The molecule has 0 radical (unpaired) electrons. The Morgan fingerprint density at radius 2 is 2.03 bits per heavy atom. The molecule has 1 aliphatic rings. The molecule has 0 amide bonds. The second kappa shape index (κ2) is 13.3. The number of phenolic OH excluding ortho intramolecular Hbond substituents is 1. The van der Waals surface area contributed by atoms with Gasteiger partial charge in [-0.2, -0.15) is 0 Å². The second-order valence-corrected chi connectivity index (χ2v) is 7.38. The first-order valence-corrected chi connectivity index (χ1v) is 10.8. The van der Waals surface area contributed by atoms with Gasteiger partial charge in [-0.3, -0.25) is 9.98 Å². The highest BCUT2D eigenvalue weighted by Crippen LogP contribution is 2.31. The average molecular weight is 463 g/mol. The number of halogens is 2. The lowest BCUT2D eigenvalue weighted by atomic mass is 10.0. The Kier molecular flexibility index (Phi) is 10.5. The smallest absolute Gasteiger partial charge is 0.222 e. The number of phenols is 1. The minimum Gasteiger partial charge on any atom is -0.505 e. The summed E-state index contributed by atoms with van der Waals surface area (Å²) in [5.74, 6) is -2.39. The van der Waals surface area contributed by atoms with Crippen molar-refractivity contribution in [3.05, 3.63) is 46.8 Å². The Bertz CT molecular complexity index is 951. The number of aromatic hydroxyl groups is 1. The summed E-state index contributed by atoms with van der Waals surface area (Å²) >= 11 is 0.